The minimum atomic E-state index is 0.139. The fraction of sp³-hybridized carbons (Fsp3) is 0.533. The van der Waals surface area contributed by atoms with E-state index in [9.17, 15) is 4.79 Å². The topological polar surface area (TPSA) is 44.4 Å². The Hall–Kier alpha value is -1.07. The Morgan fingerprint density at radius 1 is 1.50 bits per heavy atom. The second kappa shape index (κ2) is 7.64. The lowest BCUT2D eigenvalue weighted by atomic mass is 10.1. The molecule has 110 valence electrons. The number of anilines is 1. The highest BCUT2D eigenvalue weighted by Gasteiger charge is 2.23. The van der Waals surface area contributed by atoms with E-state index in [2.05, 4.69) is 49.7 Å². The van der Waals surface area contributed by atoms with Gasteiger partial charge in [0.1, 0.15) is 0 Å². The van der Waals surface area contributed by atoms with E-state index in [1.807, 2.05) is 13.1 Å². The molecule has 1 aromatic rings. The average molecular weight is 340 g/mol. The van der Waals surface area contributed by atoms with Crippen LogP contribution < -0.4 is 15.5 Å². The summed E-state index contributed by atoms with van der Waals surface area (Å²) in [6, 6.07) is 8.39. The molecule has 1 aliphatic heterocycles. The van der Waals surface area contributed by atoms with Crippen molar-refractivity contribution in [1.29, 1.82) is 0 Å². The van der Waals surface area contributed by atoms with Crippen molar-refractivity contribution in [3.63, 3.8) is 0 Å². The Kier molecular flexibility index (Phi) is 5.86. The molecule has 2 rings (SSSR count). The SMILES string of the molecule is CNCCC(=O)NCC1CCN(c2cccc(Br)c2)C1. The van der Waals surface area contributed by atoms with Crippen LogP contribution in [-0.2, 0) is 4.79 Å². The lowest BCUT2D eigenvalue weighted by Gasteiger charge is -2.19. The molecule has 0 aromatic heterocycles. The van der Waals surface area contributed by atoms with E-state index in [-0.39, 0.29) is 5.91 Å². The first-order valence-corrected chi connectivity index (χ1v) is 7.90. The maximum absolute atomic E-state index is 11.6. The van der Waals surface area contributed by atoms with E-state index in [0.717, 1.165) is 37.1 Å². The van der Waals surface area contributed by atoms with E-state index in [4.69, 9.17) is 0 Å². The van der Waals surface area contributed by atoms with Crippen LogP contribution in [-0.4, -0.2) is 39.1 Å². The van der Waals surface area contributed by atoms with Gasteiger partial charge in [-0.3, -0.25) is 4.79 Å². The van der Waals surface area contributed by atoms with Crippen molar-refractivity contribution in [3.05, 3.63) is 28.7 Å². The van der Waals surface area contributed by atoms with Gasteiger partial charge >= 0.3 is 0 Å². The third-order valence-electron chi connectivity index (χ3n) is 3.65. The third kappa shape index (κ3) is 4.49. The van der Waals surface area contributed by atoms with Crippen molar-refractivity contribution in [3.8, 4) is 0 Å². The monoisotopic (exact) mass is 339 g/mol. The van der Waals surface area contributed by atoms with Crippen molar-refractivity contribution >= 4 is 27.5 Å². The van der Waals surface area contributed by atoms with Crippen molar-refractivity contribution < 1.29 is 4.79 Å². The zero-order valence-corrected chi connectivity index (χ0v) is 13.4. The zero-order chi connectivity index (χ0) is 14.4. The first-order valence-electron chi connectivity index (χ1n) is 7.11. The number of rotatable bonds is 6. The fourth-order valence-electron chi connectivity index (χ4n) is 2.49. The standard InChI is InChI=1S/C15H22BrN3O/c1-17-7-5-15(20)18-10-12-6-8-19(11-12)14-4-2-3-13(16)9-14/h2-4,9,12,17H,5-8,10-11H2,1H3,(H,18,20). The smallest absolute Gasteiger partial charge is 0.221 e. The van der Waals surface area contributed by atoms with Gasteiger partial charge in [-0.15, -0.1) is 0 Å². The minimum Gasteiger partial charge on any atom is -0.371 e. The van der Waals surface area contributed by atoms with Gasteiger partial charge in [-0.05, 0) is 37.6 Å². The molecular weight excluding hydrogens is 318 g/mol. The van der Waals surface area contributed by atoms with Gasteiger partial charge in [-0.2, -0.15) is 0 Å². The van der Waals surface area contributed by atoms with Crippen LogP contribution in [0.3, 0.4) is 0 Å². The number of hydrogen-bond acceptors (Lipinski definition) is 3. The lowest BCUT2D eigenvalue weighted by molar-refractivity contribution is -0.121. The maximum Gasteiger partial charge on any atom is 0.221 e. The van der Waals surface area contributed by atoms with Gasteiger partial charge in [-0.1, -0.05) is 22.0 Å². The van der Waals surface area contributed by atoms with Crippen LogP contribution in [0.25, 0.3) is 0 Å². The highest BCUT2D eigenvalue weighted by atomic mass is 79.9. The molecule has 20 heavy (non-hydrogen) atoms. The van der Waals surface area contributed by atoms with Crippen LogP contribution >= 0.6 is 15.9 Å². The highest BCUT2D eigenvalue weighted by Crippen LogP contribution is 2.25. The van der Waals surface area contributed by atoms with Crippen molar-refractivity contribution in [1.82, 2.24) is 10.6 Å². The predicted octanol–water partition coefficient (Wildman–Crippen LogP) is 2.00. The summed E-state index contributed by atoms with van der Waals surface area (Å²) >= 11 is 3.51. The van der Waals surface area contributed by atoms with Gasteiger partial charge in [0.05, 0.1) is 0 Å². The number of benzene rings is 1. The molecule has 5 heteroatoms. The fourth-order valence-corrected chi connectivity index (χ4v) is 2.88. The number of amides is 1. The molecule has 1 atom stereocenters. The predicted molar refractivity (Wildman–Crippen MR) is 86.0 cm³/mol. The molecule has 1 aromatic carbocycles. The second-order valence-electron chi connectivity index (χ2n) is 5.24. The van der Waals surface area contributed by atoms with E-state index in [0.29, 0.717) is 12.3 Å². The Labute approximate surface area is 129 Å². The molecule has 0 bridgehead atoms. The molecular formula is C15H22BrN3O. The number of carbonyl (C=O) groups is 1. The number of nitrogens with one attached hydrogen (secondary N) is 2. The van der Waals surface area contributed by atoms with Gasteiger partial charge < -0.3 is 15.5 Å². The van der Waals surface area contributed by atoms with Gasteiger partial charge in [0.2, 0.25) is 5.91 Å². The van der Waals surface area contributed by atoms with Gasteiger partial charge in [0.25, 0.3) is 0 Å². The van der Waals surface area contributed by atoms with E-state index >= 15 is 0 Å². The van der Waals surface area contributed by atoms with Crippen LogP contribution in [0, 0.1) is 5.92 Å². The average Bonchev–Trinajstić information content (AvgIpc) is 2.92. The summed E-state index contributed by atoms with van der Waals surface area (Å²) < 4.78 is 1.11. The second-order valence-corrected chi connectivity index (χ2v) is 6.15. The molecule has 1 aliphatic rings. The summed E-state index contributed by atoms with van der Waals surface area (Å²) in [6.45, 7) is 3.60. The molecule has 1 fully saturated rings. The van der Waals surface area contributed by atoms with Crippen LogP contribution in [0.2, 0.25) is 0 Å². The van der Waals surface area contributed by atoms with Gasteiger partial charge in [0, 0.05) is 42.8 Å². The lowest BCUT2D eigenvalue weighted by Crippen LogP contribution is -2.32. The summed E-state index contributed by atoms with van der Waals surface area (Å²) in [6.07, 6.45) is 1.69. The number of carbonyl (C=O) groups excluding carboxylic acids is 1. The zero-order valence-electron chi connectivity index (χ0n) is 11.9. The third-order valence-corrected chi connectivity index (χ3v) is 4.14. The number of halogens is 1. The number of hydrogen-bond donors (Lipinski definition) is 2. The summed E-state index contributed by atoms with van der Waals surface area (Å²) in [4.78, 5) is 14.0. The van der Waals surface area contributed by atoms with E-state index in [1.165, 1.54) is 5.69 Å². The largest absolute Gasteiger partial charge is 0.371 e. The molecule has 0 radical (unpaired) electrons. The summed E-state index contributed by atoms with van der Waals surface area (Å²) in [5.74, 6) is 0.688. The summed E-state index contributed by atoms with van der Waals surface area (Å²) in [7, 11) is 1.86. The Morgan fingerprint density at radius 3 is 3.10 bits per heavy atom. The molecule has 1 amide bonds. The molecule has 1 saturated heterocycles. The van der Waals surface area contributed by atoms with Crippen molar-refractivity contribution in [2.24, 2.45) is 5.92 Å². The normalized spacial score (nSPS) is 18.3. The molecule has 4 nitrogen and oxygen atoms in total. The van der Waals surface area contributed by atoms with Crippen LogP contribution in [0.5, 0.6) is 0 Å². The molecule has 0 aliphatic carbocycles. The molecule has 0 spiro atoms. The quantitative estimate of drug-likeness (QED) is 0.833. The molecule has 1 heterocycles. The van der Waals surface area contributed by atoms with Crippen molar-refractivity contribution in [2.45, 2.75) is 12.8 Å². The van der Waals surface area contributed by atoms with Crippen LogP contribution in [0.1, 0.15) is 12.8 Å². The van der Waals surface area contributed by atoms with Gasteiger partial charge in [0.15, 0.2) is 0 Å². The Balaban J connectivity index is 1.76. The highest BCUT2D eigenvalue weighted by molar-refractivity contribution is 9.10. The first-order chi connectivity index (χ1) is 9.69. The molecule has 2 N–H and O–H groups in total. The van der Waals surface area contributed by atoms with E-state index in [1.54, 1.807) is 0 Å². The maximum atomic E-state index is 11.6. The summed E-state index contributed by atoms with van der Waals surface area (Å²) in [5, 5.41) is 6.01. The minimum absolute atomic E-state index is 0.139. The Bertz CT molecular complexity index is 452. The molecule has 0 saturated carbocycles. The molecule has 1 unspecified atom stereocenters. The van der Waals surface area contributed by atoms with Crippen LogP contribution in [0.15, 0.2) is 28.7 Å². The first kappa shape index (κ1) is 15.3. The Morgan fingerprint density at radius 2 is 2.35 bits per heavy atom. The van der Waals surface area contributed by atoms with Gasteiger partial charge in [-0.25, -0.2) is 0 Å². The summed E-state index contributed by atoms with van der Waals surface area (Å²) in [5.41, 5.74) is 1.25. The van der Waals surface area contributed by atoms with Crippen LogP contribution in [0.4, 0.5) is 5.69 Å². The van der Waals surface area contributed by atoms with Crippen molar-refractivity contribution in [2.75, 3.05) is 38.1 Å². The van der Waals surface area contributed by atoms with E-state index < -0.39 is 0 Å². The number of nitrogens with zero attached hydrogens (tertiary/aromatic N) is 1.